The highest BCUT2D eigenvalue weighted by molar-refractivity contribution is 6.15. The first-order chi connectivity index (χ1) is 13.7. The van der Waals surface area contributed by atoms with Gasteiger partial charge in [0.2, 0.25) is 0 Å². The summed E-state index contributed by atoms with van der Waals surface area (Å²) in [6.45, 7) is 2.74. The Labute approximate surface area is 163 Å². The Morgan fingerprint density at radius 1 is 1.00 bits per heavy atom. The van der Waals surface area contributed by atoms with Gasteiger partial charge in [0.25, 0.3) is 5.91 Å². The lowest BCUT2D eigenvalue weighted by atomic mass is 10.0. The van der Waals surface area contributed by atoms with E-state index in [4.69, 9.17) is 4.98 Å². The van der Waals surface area contributed by atoms with Gasteiger partial charge in [-0.1, -0.05) is 29.8 Å². The van der Waals surface area contributed by atoms with Gasteiger partial charge in [-0.2, -0.15) is 0 Å². The minimum Gasteiger partial charge on any atom is -0.308 e. The van der Waals surface area contributed by atoms with Crippen molar-refractivity contribution in [1.29, 1.82) is 0 Å². The molecule has 2 aromatic carbocycles. The summed E-state index contributed by atoms with van der Waals surface area (Å²) in [5.41, 5.74) is 6.60. The first-order valence-electron chi connectivity index (χ1n) is 9.42. The Kier molecular flexibility index (Phi) is 3.90. The third-order valence-corrected chi connectivity index (χ3v) is 5.30. The molecule has 4 aromatic rings. The van der Waals surface area contributed by atoms with Gasteiger partial charge in [0.15, 0.2) is 0 Å². The van der Waals surface area contributed by atoms with Crippen LogP contribution >= 0.6 is 0 Å². The number of benzene rings is 2. The third-order valence-electron chi connectivity index (χ3n) is 5.30. The van der Waals surface area contributed by atoms with Crippen LogP contribution in [0.25, 0.3) is 22.2 Å². The summed E-state index contributed by atoms with van der Waals surface area (Å²) < 4.78 is 0. The van der Waals surface area contributed by atoms with E-state index in [0.29, 0.717) is 12.1 Å². The van der Waals surface area contributed by atoms with Crippen molar-refractivity contribution in [2.24, 2.45) is 0 Å². The summed E-state index contributed by atoms with van der Waals surface area (Å²) in [5, 5.41) is 0.896. The largest absolute Gasteiger partial charge is 0.308 e. The molecule has 2 aromatic heterocycles. The van der Waals surface area contributed by atoms with Gasteiger partial charge in [0.1, 0.15) is 0 Å². The molecular weight excluding hydrogens is 346 g/mol. The molecule has 0 bridgehead atoms. The highest BCUT2D eigenvalue weighted by atomic mass is 16.2. The first kappa shape index (κ1) is 16.6. The van der Waals surface area contributed by atoms with Gasteiger partial charge in [0, 0.05) is 35.6 Å². The number of carbonyl (C=O) groups is 1. The standard InChI is InChI=1S/C24H19N3O/c1-16-6-7-21-19(14-16)20(15-22(26-21)17-8-11-25-12-9-17)24(28)27-13-10-18-4-2-3-5-23(18)27/h2-9,11-12,14-15H,10,13H2,1H3. The zero-order valence-corrected chi connectivity index (χ0v) is 15.6. The van der Waals surface area contributed by atoms with Gasteiger partial charge >= 0.3 is 0 Å². The van der Waals surface area contributed by atoms with E-state index < -0.39 is 0 Å². The molecule has 4 heteroatoms. The molecule has 1 amide bonds. The zero-order chi connectivity index (χ0) is 19.1. The van der Waals surface area contributed by atoms with Crippen LogP contribution in [0.5, 0.6) is 0 Å². The van der Waals surface area contributed by atoms with Gasteiger partial charge < -0.3 is 4.90 Å². The average Bonchev–Trinajstić information content (AvgIpc) is 3.17. The molecule has 1 aliphatic rings. The van der Waals surface area contributed by atoms with Crippen molar-refractivity contribution >= 4 is 22.5 Å². The van der Waals surface area contributed by atoms with Crippen LogP contribution in [-0.2, 0) is 6.42 Å². The van der Waals surface area contributed by atoms with Crippen molar-refractivity contribution in [3.63, 3.8) is 0 Å². The van der Waals surface area contributed by atoms with E-state index in [0.717, 1.165) is 39.8 Å². The van der Waals surface area contributed by atoms with Crippen LogP contribution in [0.3, 0.4) is 0 Å². The molecule has 0 radical (unpaired) electrons. The fourth-order valence-corrected chi connectivity index (χ4v) is 3.88. The Balaban J connectivity index is 1.69. The number of pyridine rings is 2. The van der Waals surface area contributed by atoms with Crippen LogP contribution in [0.4, 0.5) is 5.69 Å². The quantitative estimate of drug-likeness (QED) is 0.512. The van der Waals surface area contributed by atoms with Crippen LogP contribution in [-0.4, -0.2) is 22.4 Å². The Bertz CT molecular complexity index is 1200. The van der Waals surface area contributed by atoms with Crippen LogP contribution < -0.4 is 4.90 Å². The Hall–Kier alpha value is -3.53. The minimum absolute atomic E-state index is 0.0262. The molecule has 0 saturated heterocycles. The lowest BCUT2D eigenvalue weighted by molar-refractivity contribution is 0.0991. The molecule has 0 aliphatic carbocycles. The molecule has 0 saturated carbocycles. The summed E-state index contributed by atoms with van der Waals surface area (Å²) in [6, 6.07) is 20.0. The van der Waals surface area contributed by atoms with E-state index in [2.05, 4.69) is 11.1 Å². The number of anilines is 1. The number of hydrogen-bond acceptors (Lipinski definition) is 3. The summed E-state index contributed by atoms with van der Waals surface area (Å²) in [4.78, 5) is 24.4. The van der Waals surface area contributed by atoms with E-state index in [1.165, 1.54) is 5.56 Å². The van der Waals surface area contributed by atoms with Crippen LogP contribution in [0.15, 0.2) is 73.1 Å². The molecule has 0 N–H and O–H groups in total. The highest BCUT2D eigenvalue weighted by Gasteiger charge is 2.27. The second-order valence-electron chi connectivity index (χ2n) is 7.15. The van der Waals surface area contributed by atoms with Crippen molar-refractivity contribution in [2.75, 3.05) is 11.4 Å². The third kappa shape index (κ3) is 2.74. The fourth-order valence-electron chi connectivity index (χ4n) is 3.88. The summed E-state index contributed by atoms with van der Waals surface area (Å²) >= 11 is 0. The number of fused-ring (bicyclic) bond motifs is 2. The van der Waals surface area contributed by atoms with Crippen molar-refractivity contribution in [3.05, 3.63) is 89.7 Å². The van der Waals surface area contributed by atoms with Crippen LogP contribution in [0.2, 0.25) is 0 Å². The van der Waals surface area contributed by atoms with Gasteiger partial charge in [-0.15, -0.1) is 0 Å². The lowest BCUT2D eigenvalue weighted by Gasteiger charge is -2.19. The summed E-state index contributed by atoms with van der Waals surface area (Å²) in [6.07, 6.45) is 4.38. The van der Waals surface area contributed by atoms with E-state index in [1.54, 1.807) is 12.4 Å². The number of rotatable bonds is 2. The molecular formula is C24H19N3O. The SMILES string of the molecule is Cc1ccc2nc(-c3ccncc3)cc(C(=O)N3CCc4ccccc43)c2c1. The number of hydrogen-bond donors (Lipinski definition) is 0. The maximum Gasteiger partial charge on any atom is 0.259 e. The molecule has 1 aliphatic heterocycles. The highest BCUT2D eigenvalue weighted by Crippen LogP contribution is 2.32. The van der Waals surface area contributed by atoms with E-state index >= 15 is 0 Å². The number of amides is 1. The molecule has 0 unspecified atom stereocenters. The topological polar surface area (TPSA) is 46.1 Å². The molecule has 28 heavy (non-hydrogen) atoms. The van der Waals surface area contributed by atoms with E-state index in [9.17, 15) is 4.79 Å². The van der Waals surface area contributed by atoms with Crippen LogP contribution in [0, 0.1) is 6.92 Å². The minimum atomic E-state index is 0.0262. The number of nitrogens with zero attached hydrogens (tertiary/aromatic N) is 3. The second-order valence-corrected chi connectivity index (χ2v) is 7.15. The average molecular weight is 365 g/mol. The van der Waals surface area contributed by atoms with Crippen molar-refractivity contribution in [3.8, 4) is 11.3 Å². The van der Waals surface area contributed by atoms with Gasteiger partial charge in [-0.05, 0) is 55.3 Å². The normalized spacial score (nSPS) is 13.0. The van der Waals surface area contributed by atoms with Gasteiger partial charge in [-0.3, -0.25) is 9.78 Å². The van der Waals surface area contributed by atoms with Gasteiger partial charge in [0.05, 0.1) is 16.8 Å². The number of carbonyl (C=O) groups excluding carboxylic acids is 1. The number of aryl methyl sites for hydroxylation is 1. The molecule has 5 rings (SSSR count). The maximum atomic E-state index is 13.6. The number of para-hydroxylation sites is 1. The van der Waals surface area contributed by atoms with Crippen molar-refractivity contribution < 1.29 is 4.79 Å². The van der Waals surface area contributed by atoms with Crippen molar-refractivity contribution in [1.82, 2.24) is 9.97 Å². The van der Waals surface area contributed by atoms with E-state index in [-0.39, 0.29) is 5.91 Å². The fraction of sp³-hybridized carbons (Fsp3) is 0.125. The van der Waals surface area contributed by atoms with Gasteiger partial charge in [-0.25, -0.2) is 4.98 Å². The second kappa shape index (κ2) is 6.57. The zero-order valence-electron chi connectivity index (χ0n) is 15.6. The van der Waals surface area contributed by atoms with E-state index in [1.807, 2.05) is 66.4 Å². The molecule has 0 atom stereocenters. The smallest absolute Gasteiger partial charge is 0.259 e. The molecule has 136 valence electrons. The summed E-state index contributed by atoms with van der Waals surface area (Å²) in [7, 11) is 0. The maximum absolute atomic E-state index is 13.6. The predicted octanol–water partition coefficient (Wildman–Crippen LogP) is 4.81. The first-order valence-corrected chi connectivity index (χ1v) is 9.42. The predicted molar refractivity (Wildman–Crippen MR) is 112 cm³/mol. The Morgan fingerprint density at radius 2 is 1.82 bits per heavy atom. The monoisotopic (exact) mass is 365 g/mol. The molecule has 0 fully saturated rings. The molecule has 3 heterocycles. The summed E-state index contributed by atoms with van der Waals surface area (Å²) in [5.74, 6) is 0.0262. The van der Waals surface area contributed by atoms with Crippen LogP contribution in [0.1, 0.15) is 21.5 Å². The molecule has 0 spiro atoms. The van der Waals surface area contributed by atoms with Crippen molar-refractivity contribution in [2.45, 2.75) is 13.3 Å². The molecule has 4 nitrogen and oxygen atoms in total. The lowest BCUT2D eigenvalue weighted by Crippen LogP contribution is -2.29. The number of aromatic nitrogens is 2. The Morgan fingerprint density at radius 3 is 2.68 bits per heavy atom.